The summed E-state index contributed by atoms with van der Waals surface area (Å²) in [5.41, 5.74) is 7.84. The van der Waals surface area contributed by atoms with Gasteiger partial charge in [-0.05, 0) is 116 Å². The Labute approximate surface area is 196 Å². The van der Waals surface area contributed by atoms with Crippen LogP contribution in [0.25, 0.3) is 22.3 Å². The highest BCUT2D eigenvalue weighted by molar-refractivity contribution is 5.85. The van der Waals surface area contributed by atoms with Crippen LogP contribution in [-0.4, -0.2) is 18.2 Å². The highest BCUT2D eigenvalue weighted by Gasteiger charge is 2.20. The molecule has 3 aromatic carbocycles. The van der Waals surface area contributed by atoms with Gasteiger partial charge in [0.25, 0.3) is 0 Å². The maximum Gasteiger partial charge on any atom is 0.184 e. The van der Waals surface area contributed by atoms with Crippen LogP contribution >= 0.6 is 0 Å². The van der Waals surface area contributed by atoms with Crippen LogP contribution < -0.4 is 10.6 Å². The fraction of sp³-hybridized carbons (Fsp3) is 0.241. The zero-order valence-electron chi connectivity index (χ0n) is 19.9. The van der Waals surface area contributed by atoms with Crippen LogP contribution in [0.3, 0.4) is 0 Å². The van der Waals surface area contributed by atoms with Gasteiger partial charge in [-0.2, -0.15) is 0 Å². The van der Waals surface area contributed by atoms with Crippen molar-refractivity contribution in [3.8, 4) is 51.7 Å². The number of phenols is 1. The van der Waals surface area contributed by atoms with E-state index in [4.69, 9.17) is 0 Å². The molecule has 168 valence electrons. The third kappa shape index (κ3) is 5.26. The van der Waals surface area contributed by atoms with Crippen molar-refractivity contribution in [2.75, 3.05) is 13.1 Å². The number of rotatable bonds is 6. The van der Waals surface area contributed by atoms with Crippen LogP contribution in [0.1, 0.15) is 30.5 Å². The summed E-state index contributed by atoms with van der Waals surface area (Å²) in [6.45, 7) is 10.8. The van der Waals surface area contributed by atoms with Gasteiger partial charge in [-0.1, -0.05) is 0 Å². The Morgan fingerprint density at radius 3 is 1.94 bits per heavy atom. The molecule has 5 N–H and O–H groups in total. The molecule has 0 heterocycles. The van der Waals surface area contributed by atoms with Gasteiger partial charge in [-0.25, -0.2) is 4.39 Å². The number of phenolic OH excluding ortho intramolecular Hbond substituents is 1. The molecule has 0 amide bonds. The SMILES string of the molecule is CC#CC[NH2+]c1ccc(-c2c(C)c(C)c(-c3ccc([NH2+]CC#CC)c(F)c3)c(O)c2C)cc1. The molecule has 3 aromatic rings. The van der Waals surface area contributed by atoms with Crippen LogP contribution in [0, 0.1) is 50.3 Å². The smallest absolute Gasteiger partial charge is 0.184 e. The Morgan fingerprint density at radius 1 is 0.758 bits per heavy atom. The summed E-state index contributed by atoms with van der Waals surface area (Å²) in [6.07, 6.45) is 0. The number of quaternary nitrogens is 2. The normalized spacial score (nSPS) is 10.2. The first-order valence-electron chi connectivity index (χ1n) is 11.1. The Morgan fingerprint density at radius 2 is 1.33 bits per heavy atom. The summed E-state index contributed by atoms with van der Waals surface area (Å²) in [6, 6.07) is 13.4. The zero-order valence-corrected chi connectivity index (χ0v) is 19.9. The van der Waals surface area contributed by atoms with Crippen LogP contribution in [-0.2, 0) is 0 Å². The average molecular weight is 443 g/mol. The molecule has 0 unspecified atom stereocenters. The van der Waals surface area contributed by atoms with Gasteiger partial charge in [0.15, 0.2) is 11.5 Å². The number of halogens is 1. The molecule has 4 heteroatoms. The van der Waals surface area contributed by atoms with Crippen molar-refractivity contribution in [1.29, 1.82) is 0 Å². The van der Waals surface area contributed by atoms with Crippen molar-refractivity contribution in [2.45, 2.75) is 34.6 Å². The first-order chi connectivity index (χ1) is 15.9. The van der Waals surface area contributed by atoms with E-state index in [2.05, 4.69) is 60.2 Å². The summed E-state index contributed by atoms with van der Waals surface area (Å²) in [7, 11) is 0. The molecule has 0 aliphatic rings. The summed E-state index contributed by atoms with van der Waals surface area (Å²) in [5.74, 6) is 11.5. The van der Waals surface area contributed by atoms with Gasteiger partial charge in [0.2, 0.25) is 0 Å². The quantitative estimate of drug-likeness (QED) is 0.388. The van der Waals surface area contributed by atoms with E-state index < -0.39 is 0 Å². The number of benzene rings is 3. The van der Waals surface area contributed by atoms with Gasteiger partial charge in [-0.15, -0.1) is 11.8 Å². The topological polar surface area (TPSA) is 53.5 Å². The van der Waals surface area contributed by atoms with E-state index in [-0.39, 0.29) is 11.6 Å². The minimum Gasteiger partial charge on any atom is -0.507 e. The fourth-order valence-corrected chi connectivity index (χ4v) is 4.09. The van der Waals surface area contributed by atoms with E-state index in [9.17, 15) is 9.50 Å². The van der Waals surface area contributed by atoms with Gasteiger partial charge in [-0.3, -0.25) is 0 Å². The molecule has 0 spiro atoms. The summed E-state index contributed by atoms with van der Waals surface area (Å²) in [5, 5.41) is 15.0. The molecule has 0 atom stereocenters. The zero-order chi connectivity index (χ0) is 24.0. The molecule has 0 aliphatic heterocycles. The highest BCUT2D eigenvalue weighted by atomic mass is 19.1. The first kappa shape index (κ1) is 24.1. The van der Waals surface area contributed by atoms with Crippen LogP contribution in [0.4, 0.5) is 15.8 Å². The Hall–Kier alpha value is -3.57. The standard InChI is InChI=1S/C29H29FN2O/c1-6-8-16-31-24-13-10-22(11-14-24)27-19(3)20(4)28(29(33)21(27)5)23-12-15-26(25(30)18-23)32-17-9-7-2/h10-15,18,31-33H,16-17H2,1-5H3/p+2. The molecule has 0 bridgehead atoms. The second-order valence-corrected chi connectivity index (χ2v) is 8.00. The van der Waals surface area contributed by atoms with Gasteiger partial charge in [0.05, 0.1) is 0 Å². The van der Waals surface area contributed by atoms with E-state index in [1.807, 2.05) is 26.8 Å². The van der Waals surface area contributed by atoms with E-state index in [1.54, 1.807) is 18.3 Å². The summed E-state index contributed by atoms with van der Waals surface area (Å²) < 4.78 is 14.7. The maximum absolute atomic E-state index is 14.7. The second kappa shape index (κ2) is 10.8. The largest absolute Gasteiger partial charge is 0.507 e. The average Bonchev–Trinajstić information content (AvgIpc) is 2.81. The van der Waals surface area contributed by atoms with Gasteiger partial charge >= 0.3 is 0 Å². The van der Waals surface area contributed by atoms with Crippen LogP contribution in [0.15, 0.2) is 42.5 Å². The lowest BCUT2D eigenvalue weighted by Crippen LogP contribution is -2.78. The Kier molecular flexibility index (Phi) is 7.91. The van der Waals surface area contributed by atoms with Crippen molar-refractivity contribution < 1.29 is 20.1 Å². The molecule has 0 fully saturated rings. The summed E-state index contributed by atoms with van der Waals surface area (Å²) >= 11 is 0. The number of nitrogens with two attached hydrogens (primary N) is 2. The van der Waals surface area contributed by atoms with E-state index >= 15 is 0 Å². The first-order valence-corrected chi connectivity index (χ1v) is 11.1. The van der Waals surface area contributed by atoms with E-state index in [0.717, 1.165) is 40.0 Å². The number of hydrogen-bond donors (Lipinski definition) is 3. The van der Waals surface area contributed by atoms with Crippen molar-refractivity contribution in [2.24, 2.45) is 0 Å². The van der Waals surface area contributed by atoms with Crippen LogP contribution in [0.5, 0.6) is 5.75 Å². The number of hydrogen-bond acceptors (Lipinski definition) is 1. The van der Waals surface area contributed by atoms with Gasteiger partial charge in [0.1, 0.15) is 24.5 Å². The van der Waals surface area contributed by atoms with Crippen molar-refractivity contribution in [1.82, 2.24) is 0 Å². The van der Waals surface area contributed by atoms with Gasteiger partial charge in [0, 0.05) is 11.6 Å². The Bertz CT molecular complexity index is 1260. The second-order valence-electron chi connectivity index (χ2n) is 8.00. The molecule has 33 heavy (non-hydrogen) atoms. The monoisotopic (exact) mass is 442 g/mol. The predicted molar refractivity (Wildman–Crippen MR) is 133 cm³/mol. The fourth-order valence-electron chi connectivity index (χ4n) is 4.09. The van der Waals surface area contributed by atoms with E-state index in [1.165, 1.54) is 6.07 Å². The van der Waals surface area contributed by atoms with Gasteiger partial charge < -0.3 is 15.7 Å². The summed E-state index contributed by atoms with van der Waals surface area (Å²) in [4.78, 5) is 0. The third-order valence-corrected chi connectivity index (χ3v) is 5.99. The lowest BCUT2D eigenvalue weighted by Gasteiger charge is -2.20. The molecule has 0 saturated heterocycles. The lowest BCUT2D eigenvalue weighted by atomic mass is 9.86. The molecule has 0 aromatic heterocycles. The Balaban J connectivity index is 2.00. The minimum absolute atomic E-state index is 0.190. The number of aromatic hydroxyl groups is 1. The molecular formula is C29H31FN2O+2. The molecular weight excluding hydrogens is 411 g/mol. The minimum atomic E-state index is -0.316. The predicted octanol–water partition coefficient (Wildman–Crippen LogP) is 4.23. The van der Waals surface area contributed by atoms with Crippen molar-refractivity contribution >= 4 is 11.4 Å². The lowest BCUT2D eigenvalue weighted by molar-refractivity contribution is -0.560. The van der Waals surface area contributed by atoms with Crippen LogP contribution in [0.2, 0.25) is 0 Å². The molecule has 0 aliphatic carbocycles. The van der Waals surface area contributed by atoms with Crippen molar-refractivity contribution in [3.63, 3.8) is 0 Å². The molecule has 0 radical (unpaired) electrons. The highest BCUT2D eigenvalue weighted by Crippen LogP contribution is 2.43. The van der Waals surface area contributed by atoms with Crippen molar-refractivity contribution in [3.05, 3.63) is 65.0 Å². The molecule has 3 nitrogen and oxygen atoms in total. The molecule has 3 rings (SSSR count). The third-order valence-electron chi connectivity index (χ3n) is 5.99. The van der Waals surface area contributed by atoms with E-state index in [0.29, 0.717) is 23.4 Å². The maximum atomic E-state index is 14.7. The molecule has 0 saturated carbocycles.